The predicted molar refractivity (Wildman–Crippen MR) is 111 cm³/mol. The Bertz CT molecular complexity index is 1100. The lowest BCUT2D eigenvalue weighted by Crippen LogP contribution is -2.24. The Morgan fingerprint density at radius 3 is 2.61 bits per heavy atom. The van der Waals surface area contributed by atoms with E-state index in [4.69, 9.17) is 11.5 Å². The van der Waals surface area contributed by atoms with E-state index in [1.807, 2.05) is 12.1 Å². The summed E-state index contributed by atoms with van der Waals surface area (Å²) in [6.07, 6.45) is 1.91. The van der Waals surface area contributed by atoms with E-state index in [1.54, 1.807) is 36.4 Å². The van der Waals surface area contributed by atoms with E-state index < -0.39 is 5.56 Å². The number of H-pyrrole nitrogens is 1. The summed E-state index contributed by atoms with van der Waals surface area (Å²) in [6, 6.07) is 14.0. The summed E-state index contributed by atoms with van der Waals surface area (Å²) in [4.78, 5) is 31.7. The van der Waals surface area contributed by atoms with Gasteiger partial charge in [-0.2, -0.15) is 0 Å². The number of nitrogens with two attached hydrogens (primary N) is 2. The van der Waals surface area contributed by atoms with Crippen LogP contribution in [0.15, 0.2) is 53.3 Å². The lowest BCUT2D eigenvalue weighted by atomic mass is 10.1. The van der Waals surface area contributed by atoms with Crippen LogP contribution in [-0.2, 0) is 0 Å². The Hall–Kier alpha value is -3.61. The van der Waals surface area contributed by atoms with Crippen molar-refractivity contribution in [2.75, 3.05) is 6.54 Å². The highest BCUT2D eigenvalue weighted by molar-refractivity contribution is 5.96. The highest BCUT2D eigenvalue weighted by atomic mass is 16.1. The largest absolute Gasteiger partial charge is 0.397 e. The number of carbonyl (C=O) groups is 1. The van der Waals surface area contributed by atoms with Crippen molar-refractivity contribution in [3.8, 4) is 0 Å². The smallest absolute Gasteiger partial charge is 0.276 e. The Balaban J connectivity index is 1.96. The number of unbranched alkanes of at least 4 members (excludes halogenated alkanes) is 1. The minimum absolute atomic E-state index is 0.0500. The molecule has 0 unspecified atom stereocenters. The van der Waals surface area contributed by atoms with E-state index >= 15 is 0 Å². The van der Waals surface area contributed by atoms with Crippen molar-refractivity contribution < 1.29 is 4.79 Å². The Labute approximate surface area is 162 Å². The monoisotopic (exact) mass is 377 g/mol. The van der Waals surface area contributed by atoms with Crippen LogP contribution >= 0.6 is 0 Å². The first-order chi connectivity index (χ1) is 13.5. The summed E-state index contributed by atoms with van der Waals surface area (Å²) in [5, 5.41) is 2.86. The van der Waals surface area contributed by atoms with Gasteiger partial charge in [-0.25, -0.2) is 4.98 Å². The van der Waals surface area contributed by atoms with Gasteiger partial charge in [0.2, 0.25) is 0 Å². The molecule has 1 aromatic heterocycles. The molecule has 7 nitrogen and oxygen atoms in total. The molecule has 144 valence electrons. The highest BCUT2D eigenvalue weighted by Gasteiger charge is 2.13. The van der Waals surface area contributed by atoms with E-state index in [2.05, 4.69) is 22.2 Å². The number of nitrogens with zero attached hydrogens (tertiary/aromatic N) is 1. The second-order valence-corrected chi connectivity index (χ2v) is 6.45. The van der Waals surface area contributed by atoms with E-state index in [1.165, 1.54) is 0 Å². The summed E-state index contributed by atoms with van der Waals surface area (Å²) in [7, 11) is 0. The van der Waals surface area contributed by atoms with Gasteiger partial charge in [-0.15, -0.1) is 0 Å². The van der Waals surface area contributed by atoms with Gasteiger partial charge in [-0.05, 0) is 30.7 Å². The fourth-order valence-corrected chi connectivity index (χ4v) is 2.80. The number of hydrogen-bond donors (Lipinski definition) is 4. The SMILES string of the molecule is CCCCNC(=O)c1cccc(/C(N)=C(\N)c2nc3ccccc3[nH]c2=O)c1. The van der Waals surface area contributed by atoms with Crippen LogP contribution in [-0.4, -0.2) is 22.4 Å². The Morgan fingerprint density at radius 1 is 1.07 bits per heavy atom. The molecule has 0 atom stereocenters. The Kier molecular flexibility index (Phi) is 5.74. The molecule has 0 radical (unpaired) electrons. The van der Waals surface area contributed by atoms with Crippen LogP contribution in [0.5, 0.6) is 0 Å². The van der Waals surface area contributed by atoms with Crippen LogP contribution in [0.4, 0.5) is 0 Å². The third-order valence-corrected chi connectivity index (χ3v) is 4.40. The molecule has 6 N–H and O–H groups in total. The fraction of sp³-hybridized carbons (Fsp3) is 0.190. The molecule has 0 aliphatic heterocycles. The van der Waals surface area contributed by atoms with Crippen molar-refractivity contribution in [2.24, 2.45) is 11.5 Å². The molecular weight excluding hydrogens is 354 g/mol. The molecule has 0 bridgehead atoms. The number of hydrogen-bond acceptors (Lipinski definition) is 5. The molecule has 1 amide bonds. The van der Waals surface area contributed by atoms with Gasteiger partial charge in [0.15, 0.2) is 5.69 Å². The molecule has 3 aromatic rings. The molecule has 0 aliphatic carbocycles. The number of rotatable bonds is 6. The van der Waals surface area contributed by atoms with Crippen molar-refractivity contribution >= 4 is 28.3 Å². The molecular formula is C21H23N5O2. The minimum atomic E-state index is -0.424. The number of para-hydroxylation sites is 2. The number of amides is 1. The Morgan fingerprint density at radius 2 is 1.82 bits per heavy atom. The maximum Gasteiger partial charge on any atom is 0.276 e. The highest BCUT2D eigenvalue weighted by Crippen LogP contribution is 2.18. The zero-order valence-electron chi connectivity index (χ0n) is 15.7. The fourth-order valence-electron chi connectivity index (χ4n) is 2.80. The second kappa shape index (κ2) is 8.39. The zero-order chi connectivity index (χ0) is 20.1. The van der Waals surface area contributed by atoms with Crippen molar-refractivity contribution in [1.82, 2.24) is 15.3 Å². The van der Waals surface area contributed by atoms with Gasteiger partial charge < -0.3 is 21.8 Å². The first-order valence-electron chi connectivity index (χ1n) is 9.14. The molecule has 0 spiro atoms. The molecule has 1 heterocycles. The van der Waals surface area contributed by atoms with Crippen LogP contribution in [0, 0.1) is 0 Å². The third kappa shape index (κ3) is 4.03. The predicted octanol–water partition coefficient (Wildman–Crippen LogP) is 2.20. The number of benzene rings is 2. The molecule has 0 saturated carbocycles. The summed E-state index contributed by atoms with van der Waals surface area (Å²) in [5.41, 5.74) is 14.5. The number of aromatic nitrogens is 2. The van der Waals surface area contributed by atoms with Crippen LogP contribution in [0.3, 0.4) is 0 Å². The summed E-state index contributed by atoms with van der Waals surface area (Å²) in [6.45, 7) is 2.67. The van der Waals surface area contributed by atoms with Crippen molar-refractivity contribution in [2.45, 2.75) is 19.8 Å². The first kappa shape index (κ1) is 19.2. The molecule has 3 rings (SSSR count). The van der Waals surface area contributed by atoms with Gasteiger partial charge in [-0.3, -0.25) is 9.59 Å². The standard InChI is InChI=1S/C21H23N5O2/c1-2-3-11-24-20(27)14-8-6-7-13(12-14)17(22)18(23)19-21(28)26-16-10-5-4-9-15(16)25-19/h4-10,12H,2-3,11,22-23H2,1H3,(H,24,27)(H,26,28)/b18-17+. The van der Waals surface area contributed by atoms with E-state index in [-0.39, 0.29) is 23.0 Å². The molecule has 7 heteroatoms. The van der Waals surface area contributed by atoms with Crippen molar-refractivity contribution in [1.29, 1.82) is 0 Å². The number of nitrogens with one attached hydrogen (secondary N) is 2. The van der Waals surface area contributed by atoms with Crippen LogP contribution in [0.2, 0.25) is 0 Å². The van der Waals surface area contributed by atoms with Crippen LogP contribution < -0.4 is 22.3 Å². The van der Waals surface area contributed by atoms with Crippen molar-refractivity contribution in [3.05, 3.63) is 75.7 Å². The summed E-state index contributed by atoms with van der Waals surface area (Å²) < 4.78 is 0. The van der Waals surface area contributed by atoms with Crippen LogP contribution in [0.25, 0.3) is 22.4 Å². The first-order valence-corrected chi connectivity index (χ1v) is 9.14. The topological polar surface area (TPSA) is 127 Å². The maximum absolute atomic E-state index is 12.4. The van der Waals surface area contributed by atoms with Gasteiger partial charge in [-0.1, -0.05) is 37.6 Å². The number of fused-ring (bicyclic) bond motifs is 1. The van der Waals surface area contributed by atoms with Gasteiger partial charge >= 0.3 is 0 Å². The molecule has 2 aromatic carbocycles. The van der Waals surface area contributed by atoms with Crippen LogP contribution in [0.1, 0.15) is 41.4 Å². The maximum atomic E-state index is 12.4. The van der Waals surface area contributed by atoms with Gasteiger partial charge in [0.05, 0.1) is 22.4 Å². The molecule has 0 saturated heterocycles. The van der Waals surface area contributed by atoms with E-state index in [0.29, 0.717) is 28.7 Å². The average Bonchev–Trinajstić information content (AvgIpc) is 2.72. The van der Waals surface area contributed by atoms with Gasteiger partial charge in [0.25, 0.3) is 11.5 Å². The number of aromatic amines is 1. The normalized spacial score (nSPS) is 11.9. The average molecular weight is 377 g/mol. The van der Waals surface area contributed by atoms with E-state index in [9.17, 15) is 9.59 Å². The van der Waals surface area contributed by atoms with Gasteiger partial charge in [0, 0.05) is 17.7 Å². The summed E-state index contributed by atoms with van der Waals surface area (Å²) >= 11 is 0. The quantitative estimate of drug-likeness (QED) is 0.490. The number of carbonyl (C=O) groups excluding carboxylic acids is 1. The zero-order valence-corrected chi connectivity index (χ0v) is 15.7. The summed E-state index contributed by atoms with van der Waals surface area (Å²) in [5.74, 6) is -0.177. The van der Waals surface area contributed by atoms with Crippen molar-refractivity contribution in [3.63, 3.8) is 0 Å². The molecule has 28 heavy (non-hydrogen) atoms. The second-order valence-electron chi connectivity index (χ2n) is 6.45. The third-order valence-electron chi connectivity index (χ3n) is 4.40. The molecule has 0 fully saturated rings. The van der Waals surface area contributed by atoms with E-state index in [0.717, 1.165) is 12.8 Å². The molecule has 0 aliphatic rings. The lowest BCUT2D eigenvalue weighted by Gasteiger charge is -2.10. The van der Waals surface area contributed by atoms with Gasteiger partial charge in [0.1, 0.15) is 0 Å². The minimum Gasteiger partial charge on any atom is -0.397 e. The lowest BCUT2D eigenvalue weighted by molar-refractivity contribution is 0.0953.